The van der Waals surface area contributed by atoms with Crippen molar-refractivity contribution in [3.05, 3.63) is 95.0 Å². The number of amides is 1. The maximum Gasteiger partial charge on any atom is 0.258 e. The molecule has 1 amide bonds. The molecule has 4 rings (SSSR count). The van der Waals surface area contributed by atoms with Crippen LogP contribution in [0, 0.1) is 0 Å². The highest BCUT2D eigenvalue weighted by molar-refractivity contribution is 6.30. The number of anilines is 2. The molecule has 0 radical (unpaired) electrons. The Balaban J connectivity index is 1.68. The quantitative estimate of drug-likeness (QED) is 0.614. The van der Waals surface area contributed by atoms with Crippen molar-refractivity contribution in [2.45, 2.75) is 25.4 Å². The average molecular weight is 377 g/mol. The Morgan fingerprint density at radius 2 is 1.63 bits per heavy atom. The molecular formula is C23H21ClN2O. The lowest BCUT2D eigenvalue weighted by Gasteiger charge is -2.40. The first-order valence-corrected chi connectivity index (χ1v) is 9.51. The summed E-state index contributed by atoms with van der Waals surface area (Å²) < 4.78 is 0. The Morgan fingerprint density at radius 1 is 0.963 bits per heavy atom. The fourth-order valence-electron chi connectivity index (χ4n) is 3.73. The molecule has 1 aliphatic heterocycles. The van der Waals surface area contributed by atoms with Gasteiger partial charge in [-0.1, -0.05) is 48.0 Å². The van der Waals surface area contributed by atoms with Gasteiger partial charge < -0.3 is 10.2 Å². The van der Waals surface area contributed by atoms with E-state index in [2.05, 4.69) is 18.3 Å². The molecule has 3 nitrogen and oxygen atoms in total. The Hall–Kier alpha value is -2.78. The number of fused-ring (bicyclic) bond motifs is 1. The summed E-state index contributed by atoms with van der Waals surface area (Å²) in [4.78, 5) is 15.1. The zero-order valence-electron chi connectivity index (χ0n) is 15.1. The molecule has 1 aliphatic rings. The van der Waals surface area contributed by atoms with Crippen LogP contribution in [0.15, 0.2) is 78.9 Å². The van der Waals surface area contributed by atoms with E-state index in [-0.39, 0.29) is 18.0 Å². The van der Waals surface area contributed by atoms with E-state index in [1.807, 2.05) is 77.7 Å². The van der Waals surface area contributed by atoms with E-state index in [9.17, 15) is 4.79 Å². The number of benzene rings is 3. The van der Waals surface area contributed by atoms with Gasteiger partial charge in [0.15, 0.2) is 0 Å². The lowest BCUT2D eigenvalue weighted by molar-refractivity contribution is 0.0974. The fourth-order valence-corrected chi connectivity index (χ4v) is 3.85. The predicted octanol–water partition coefficient (Wildman–Crippen LogP) is 5.93. The second-order valence-electron chi connectivity index (χ2n) is 6.89. The Bertz CT molecular complexity index is 940. The van der Waals surface area contributed by atoms with E-state index in [1.165, 1.54) is 0 Å². The number of halogens is 1. The van der Waals surface area contributed by atoms with Crippen molar-refractivity contribution >= 4 is 28.9 Å². The number of hydrogen-bond acceptors (Lipinski definition) is 2. The number of rotatable bonds is 3. The summed E-state index contributed by atoms with van der Waals surface area (Å²) in [5.74, 6) is 0.0421. The summed E-state index contributed by atoms with van der Waals surface area (Å²) in [5.41, 5.74) is 3.84. The minimum atomic E-state index is 0.0421. The molecule has 0 aliphatic carbocycles. The van der Waals surface area contributed by atoms with E-state index >= 15 is 0 Å². The molecule has 0 bridgehead atoms. The minimum absolute atomic E-state index is 0.0421. The molecule has 27 heavy (non-hydrogen) atoms. The van der Waals surface area contributed by atoms with Crippen LogP contribution in [0.3, 0.4) is 0 Å². The molecule has 3 aromatic carbocycles. The summed E-state index contributed by atoms with van der Waals surface area (Å²) in [6, 6.07) is 25.6. The number of hydrogen-bond donors (Lipinski definition) is 1. The first kappa shape index (κ1) is 17.6. The third kappa shape index (κ3) is 3.56. The van der Waals surface area contributed by atoms with Gasteiger partial charge in [0.2, 0.25) is 0 Å². The standard InChI is InChI=1S/C23H21ClN2O/c1-16-15-21(25-19-13-11-18(24)12-14-19)20-9-5-6-10-22(20)26(16)23(27)17-7-3-2-4-8-17/h2-14,16,21,25H,15H2,1H3. The number of nitrogens with zero attached hydrogens (tertiary/aromatic N) is 1. The van der Waals surface area contributed by atoms with Gasteiger partial charge in [-0.3, -0.25) is 4.79 Å². The van der Waals surface area contributed by atoms with Crippen LogP contribution in [0.5, 0.6) is 0 Å². The van der Waals surface area contributed by atoms with Crippen molar-refractivity contribution < 1.29 is 4.79 Å². The number of carbonyl (C=O) groups excluding carboxylic acids is 1. The molecular weight excluding hydrogens is 356 g/mol. The van der Waals surface area contributed by atoms with Crippen LogP contribution in [0.1, 0.15) is 35.3 Å². The third-order valence-corrected chi connectivity index (χ3v) is 5.27. The molecule has 2 unspecified atom stereocenters. The van der Waals surface area contributed by atoms with E-state index in [0.717, 1.165) is 28.4 Å². The first-order valence-electron chi connectivity index (χ1n) is 9.13. The smallest absolute Gasteiger partial charge is 0.258 e. The van der Waals surface area contributed by atoms with Crippen molar-refractivity contribution in [1.29, 1.82) is 0 Å². The molecule has 2 atom stereocenters. The zero-order valence-corrected chi connectivity index (χ0v) is 15.9. The Labute approximate surface area is 164 Å². The molecule has 0 spiro atoms. The SMILES string of the molecule is CC1CC(Nc2ccc(Cl)cc2)c2ccccc2N1C(=O)c1ccccc1. The Morgan fingerprint density at radius 3 is 2.37 bits per heavy atom. The van der Waals surface area contributed by atoms with E-state index in [4.69, 9.17) is 11.6 Å². The van der Waals surface area contributed by atoms with Gasteiger partial charge in [0, 0.05) is 28.0 Å². The number of para-hydroxylation sites is 1. The van der Waals surface area contributed by atoms with Crippen molar-refractivity contribution in [3.8, 4) is 0 Å². The fraction of sp³-hybridized carbons (Fsp3) is 0.174. The molecule has 136 valence electrons. The molecule has 0 fully saturated rings. The molecule has 1 heterocycles. The van der Waals surface area contributed by atoms with Crippen molar-refractivity contribution in [1.82, 2.24) is 0 Å². The van der Waals surface area contributed by atoms with E-state index in [0.29, 0.717) is 5.56 Å². The van der Waals surface area contributed by atoms with Crippen LogP contribution < -0.4 is 10.2 Å². The highest BCUT2D eigenvalue weighted by Crippen LogP contribution is 2.39. The summed E-state index contributed by atoms with van der Waals surface area (Å²) in [6.45, 7) is 2.10. The number of carbonyl (C=O) groups is 1. The van der Waals surface area contributed by atoms with Crippen molar-refractivity contribution in [2.75, 3.05) is 10.2 Å². The van der Waals surface area contributed by atoms with Gasteiger partial charge in [-0.2, -0.15) is 0 Å². The molecule has 0 saturated heterocycles. The molecule has 4 heteroatoms. The van der Waals surface area contributed by atoms with Gasteiger partial charge in [-0.25, -0.2) is 0 Å². The summed E-state index contributed by atoms with van der Waals surface area (Å²) in [6.07, 6.45) is 0.832. The molecule has 0 saturated carbocycles. The van der Waals surface area contributed by atoms with Gasteiger partial charge in [0.05, 0.1) is 6.04 Å². The van der Waals surface area contributed by atoms with Crippen LogP contribution in [0.2, 0.25) is 5.02 Å². The third-order valence-electron chi connectivity index (χ3n) is 5.01. The lowest BCUT2D eigenvalue weighted by Crippen LogP contribution is -2.44. The van der Waals surface area contributed by atoms with Crippen LogP contribution >= 0.6 is 11.6 Å². The highest BCUT2D eigenvalue weighted by atomic mass is 35.5. The zero-order chi connectivity index (χ0) is 18.8. The maximum absolute atomic E-state index is 13.2. The highest BCUT2D eigenvalue weighted by Gasteiger charge is 2.33. The monoisotopic (exact) mass is 376 g/mol. The summed E-state index contributed by atoms with van der Waals surface area (Å²) in [7, 11) is 0. The number of nitrogens with one attached hydrogen (secondary N) is 1. The largest absolute Gasteiger partial charge is 0.378 e. The lowest BCUT2D eigenvalue weighted by atomic mass is 9.90. The maximum atomic E-state index is 13.2. The Kier molecular flexibility index (Phi) is 4.87. The van der Waals surface area contributed by atoms with Crippen molar-refractivity contribution in [2.24, 2.45) is 0 Å². The van der Waals surface area contributed by atoms with Crippen LogP contribution in [-0.4, -0.2) is 11.9 Å². The van der Waals surface area contributed by atoms with Crippen LogP contribution in [-0.2, 0) is 0 Å². The topological polar surface area (TPSA) is 32.3 Å². The molecule has 1 N–H and O–H groups in total. The second-order valence-corrected chi connectivity index (χ2v) is 7.32. The minimum Gasteiger partial charge on any atom is -0.378 e. The van der Waals surface area contributed by atoms with E-state index in [1.54, 1.807) is 0 Å². The summed E-state index contributed by atoms with van der Waals surface area (Å²) in [5, 5.41) is 4.32. The summed E-state index contributed by atoms with van der Waals surface area (Å²) >= 11 is 6.00. The van der Waals surface area contributed by atoms with Gasteiger partial charge in [0.1, 0.15) is 0 Å². The van der Waals surface area contributed by atoms with Gasteiger partial charge in [0.25, 0.3) is 5.91 Å². The van der Waals surface area contributed by atoms with Crippen molar-refractivity contribution in [3.63, 3.8) is 0 Å². The van der Waals surface area contributed by atoms with Gasteiger partial charge >= 0.3 is 0 Å². The van der Waals surface area contributed by atoms with Gasteiger partial charge in [-0.15, -0.1) is 0 Å². The van der Waals surface area contributed by atoms with Crippen LogP contribution in [0.25, 0.3) is 0 Å². The second kappa shape index (κ2) is 7.45. The first-order chi connectivity index (χ1) is 13.1. The average Bonchev–Trinajstić information content (AvgIpc) is 2.70. The molecule has 3 aromatic rings. The van der Waals surface area contributed by atoms with Gasteiger partial charge in [-0.05, 0) is 61.4 Å². The predicted molar refractivity (Wildman–Crippen MR) is 112 cm³/mol. The normalized spacial score (nSPS) is 18.7. The van der Waals surface area contributed by atoms with E-state index < -0.39 is 0 Å². The molecule has 0 aromatic heterocycles. The van der Waals surface area contributed by atoms with Crippen LogP contribution in [0.4, 0.5) is 11.4 Å².